The second-order valence-electron chi connectivity index (χ2n) is 7.51. The minimum atomic E-state index is 0.00516. The lowest BCUT2D eigenvalue weighted by Crippen LogP contribution is -2.38. The Hall–Kier alpha value is -3.41. The summed E-state index contributed by atoms with van der Waals surface area (Å²) in [5.41, 5.74) is 5.32. The van der Waals surface area contributed by atoms with Crippen LogP contribution in [0.3, 0.4) is 0 Å². The van der Waals surface area contributed by atoms with Crippen LogP contribution >= 0.6 is 0 Å². The van der Waals surface area contributed by atoms with Gasteiger partial charge in [0, 0.05) is 49.4 Å². The molecule has 30 heavy (non-hydrogen) atoms. The van der Waals surface area contributed by atoms with Gasteiger partial charge in [0.2, 0.25) is 6.41 Å². The number of likely N-dealkylation sites (tertiary alicyclic amines) is 1. The number of benzene rings is 2. The molecule has 1 fully saturated rings. The van der Waals surface area contributed by atoms with E-state index in [1.165, 1.54) is 11.8 Å². The molecule has 0 radical (unpaired) electrons. The third kappa shape index (κ3) is 4.76. The number of hydrogen-bond acceptors (Lipinski definition) is 4. The van der Waals surface area contributed by atoms with E-state index in [2.05, 4.69) is 34.9 Å². The molecule has 0 saturated carbocycles. The van der Waals surface area contributed by atoms with E-state index in [0.717, 1.165) is 29.5 Å². The van der Waals surface area contributed by atoms with Crippen LogP contribution in [0.4, 0.5) is 5.69 Å². The summed E-state index contributed by atoms with van der Waals surface area (Å²) in [5, 5.41) is 13.2. The first-order valence-electron chi connectivity index (χ1n) is 10.2. The van der Waals surface area contributed by atoms with Gasteiger partial charge in [-0.25, -0.2) is 0 Å². The van der Waals surface area contributed by atoms with E-state index in [1.807, 2.05) is 37.2 Å². The van der Waals surface area contributed by atoms with Crippen molar-refractivity contribution in [2.45, 2.75) is 25.7 Å². The van der Waals surface area contributed by atoms with Gasteiger partial charge in [0.15, 0.2) is 0 Å². The predicted octanol–water partition coefficient (Wildman–Crippen LogP) is 3.79. The highest BCUT2D eigenvalue weighted by molar-refractivity contribution is 6.08. The van der Waals surface area contributed by atoms with Gasteiger partial charge in [-0.05, 0) is 54.5 Å². The van der Waals surface area contributed by atoms with Crippen molar-refractivity contribution in [2.75, 3.05) is 25.5 Å². The van der Waals surface area contributed by atoms with Crippen molar-refractivity contribution in [1.29, 1.82) is 5.41 Å². The largest absolute Gasteiger partial charge is 0.393 e. The molecule has 6 heteroatoms. The SMILES string of the molecule is CN/C=C(\C=N)c1ccc(C2CCN(C(=O)c3ccc(C)c(NC=O)c3)CC2)cc1. The fraction of sp³-hybridized carbons (Fsp3) is 0.292. The number of allylic oxidation sites excluding steroid dienone is 1. The summed E-state index contributed by atoms with van der Waals surface area (Å²) in [4.78, 5) is 25.6. The van der Waals surface area contributed by atoms with Crippen LogP contribution in [-0.4, -0.2) is 43.6 Å². The highest BCUT2D eigenvalue weighted by Gasteiger charge is 2.25. The van der Waals surface area contributed by atoms with Crippen LogP contribution in [0.2, 0.25) is 0 Å². The number of piperidine rings is 1. The first-order chi connectivity index (χ1) is 14.6. The van der Waals surface area contributed by atoms with E-state index in [4.69, 9.17) is 5.41 Å². The molecule has 0 unspecified atom stereocenters. The molecule has 6 nitrogen and oxygen atoms in total. The lowest BCUT2D eigenvalue weighted by Gasteiger charge is -2.32. The maximum absolute atomic E-state index is 12.9. The van der Waals surface area contributed by atoms with E-state index in [1.54, 1.807) is 6.07 Å². The van der Waals surface area contributed by atoms with Crippen LogP contribution in [-0.2, 0) is 4.79 Å². The van der Waals surface area contributed by atoms with Crippen LogP contribution in [0.15, 0.2) is 48.7 Å². The van der Waals surface area contributed by atoms with E-state index in [9.17, 15) is 9.59 Å². The summed E-state index contributed by atoms with van der Waals surface area (Å²) in [7, 11) is 1.82. The first kappa shape index (κ1) is 21.3. The zero-order valence-corrected chi connectivity index (χ0v) is 17.4. The van der Waals surface area contributed by atoms with Crippen LogP contribution in [0.5, 0.6) is 0 Å². The molecule has 2 amide bonds. The Balaban J connectivity index is 1.64. The number of rotatable bonds is 7. The second-order valence-corrected chi connectivity index (χ2v) is 7.51. The quantitative estimate of drug-likeness (QED) is 0.485. The van der Waals surface area contributed by atoms with Gasteiger partial charge in [-0.2, -0.15) is 0 Å². The molecule has 0 atom stereocenters. The van der Waals surface area contributed by atoms with Crippen LogP contribution in [0, 0.1) is 12.3 Å². The zero-order valence-electron chi connectivity index (χ0n) is 17.4. The standard InChI is InChI=1S/C24H28N4O2/c1-17-3-4-21(13-23(17)27-16-29)24(30)28-11-9-20(10-12-28)18-5-7-19(8-6-18)22(14-25)15-26-2/h3-8,13-16,20,25-26H,9-12H2,1-2H3,(H,27,29)/b22-15+,25-14?. The van der Waals surface area contributed by atoms with Gasteiger partial charge in [0.05, 0.1) is 0 Å². The van der Waals surface area contributed by atoms with Gasteiger partial charge in [-0.3, -0.25) is 9.59 Å². The van der Waals surface area contributed by atoms with Crippen molar-refractivity contribution >= 4 is 29.8 Å². The average Bonchev–Trinajstić information content (AvgIpc) is 2.79. The summed E-state index contributed by atoms with van der Waals surface area (Å²) in [6.07, 6.45) is 5.62. The number of anilines is 1. The zero-order chi connectivity index (χ0) is 21.5. The van der Waals surface area contributed by atoms with Crippen LogP contribution in [0.1, 0.15) is 45.8 Å². The summed E-state index contributed by atoms with van der Waals surface area (Å²) in [6.45, 7) is 3.32. The minimum Gasteiger partial charge on any atom is -0.393 e. The minimum absolute atomic E-state index is 0.00516. The Bertz CT molecular complexity index is 942. The van der Waals surface area contributed by atoms with Crippen molar-refractivity contribution in [3.63, 3.8) is 0 Å². The molecule has 3 rings (SSSR count). The molecule has 0 aromatic heterocycles. The van der Waals surface area contributed by atoms with Gasteiger partial charge in [-0.1, -0.05) is 30.3 Å². The summed E-state index contributed by atoms with van der Waals surface area (Å²) in [5.74, 6) is 0.427. The Morgan fingerprint density at radius 1 is 1.10 bits per heavy atom. The molecule has 1 heterocycles. The summed E-state index contributed by atoms with van der Waals surface area (Å²) in [6, 6.07) is 13.8. The lowest BCUT2D eigenvalue weighted by molar-refractivity contribution is -0.105. The number of carbonyl (C=O) groups excluding carboxylic acids is 2. The van der Waals surface area contributed by atoms with Gasteiger partial charge < -0.3 is 20.9 Å². The Morgan fingerprint density at radius 2 is 1.77 bits per heavy atom. The highest BCUT2D eigenvalue weighted by atomic mass is 16.2. The molecule has 0 bridgehead atoms. The van der Waals surface area contributed by atoms with Crippen LogP contribution < -0.4 is 10.6 Å². The summed E-state index contributed by atoms with van der Waals surface area (Å²) >= 11 is 0. The third-order valence-corrected chi connectivity index (χ3v) is 5.65. The molecule has 2 aromatic rings. The smallest absolute Gasteiger partial charge is 0.253 e. The normalized spacial score (nSPS) is 14.9. The van der Waals surface area contributed by atoms with E-state index >= 15 is 0 Å². The molecule has 156 valence electrons. The second kappa shape index (κ2) is 9.87. The lowest BCUT2D eigenvalue weighted by atomic mass is 9.88. The number of nitrogens with zero attached hydrogens (tertiary/aromatic N) is 1. The fourth-order valence-electron chi connectivity index (χ4n) is 3.88. The summed E-state index contributed by atoms with van der Waals surface area (Å²) < 4.78 is 0. The first-order valence-corrected chi connectivity index (χ1v) is 10.2. The molecule has 1 saturated heterocycles. The monoisotopic (exact) mass is 404 g/mol. The van der Waals surface area contributed by atoms with E-state index < -0.39 is 0 Å². The fourth-order valence-corrected chi connectivity index (χ4v) is 3.88. The van der Waals surface area contributed by atoms with Gasteiger partial charge in [0.25, 0.3) is 5.91 Å². The molecule has 3 N–H and O–H groups in total. The number of carbonyl (C=O) groups is 2. The average molecular weight is 405 g/mol. The maximum atomic E-state index is 12.9. The molecule has 0 aliphatic carbocycles. The number of aryl methyl sites for hydroxylation is 1. The molecule has 1 aliphatic rings. The van der Waals surface area contributed by atoms with Crippen molar-refractivity contribution < 1.29 is 9.59 Å². The van der Waals surface area contributed by atoms with Crippen molar-refractivity contribution in [1.82, 2.24) is 10.2 Å². The highest BCUT2D eigenvalue weighted by Crippen LogP contribution is 2.30. The third-order valence-electron chi connectivity index (χ3n) is 5.65. The van der Waals surface area contributed by atoms with E-state index in [0.29, 0.717) is 36.7 Å². The maximum Gasteiger partial charge on any atom is 0.253 e. The van der Waals surface area contributed by atoms with Crippen molar-refractivity contribution in [2.24, 2.45) is 0 Å². The van der Waals surface area contributed by atoms with Gasteiger partial charge in [-0.15, -0.1) is 0 Å². The van der Waals surface area contributed by atoms with Gasteiger partial charge >= 0.3 is 0 Å². The van der Waals surface area contributed by atoms with Gasteiger partial charge in [0.1, 0.15) is 0 Å². The molecular weight excluding hydrogens is 376 g/mol. The van der Waals surface area contributed by atoms with Crippen LogP contribution in [0.25, 0.3) is 5.57 Å². The Morgan fingerprint density at radius 3 is 2.37 bits per heavy atom. The Labute approximate surface area is 177 Å². The predicted molar refractivity (Wildman–Crippen MR) is 121 cm³/mol. The topological polar surface area (TPSA) is 85.3 Å². The number of nitrogens with one attached hydrogen (secondary N) is 3. The molecular formula is C24H28N4O2. The van der Waals surface area contributed by atoms with Crippen molar-refractivity contribution in [3.8, 4) is 0 Å². The molecule has 2 aromatic carbocycles. The molecule has 0 spiro atoms. The Kier molecular flexibility index (Phi) is 7.01. The molecule has 1 aliphatic heterocycles. The van der Waals surface area contributed by atoms with Crippen molar-refractivity contribution in [3.05, 3.63) is 70.9 Å². The number of amides is 2. The number of hydrogen-bond donors (Lipinski definition) is 3. The van der Waals surface area contributed by atoms with E-state index in [-0.39, 0.29) is 5.91 Å².